The van der Waals surface area contributed by atoms with Gasteiger partial charge in [-0.1, -0.05) is 11.6 Å². The molecule has 0 bridgehead atoms. The summed E-state index contributed by atoms with van der Waals surface area (Å²) in [6.45, 7) is 4.73. The van der Waals surface area contributed by atoms with Gasteiger partial charge in [0.1, 0.15) is 9.92 Å². The molecule has 1 aliphatic rings. The monoisotopic (exact) mass is 409 g/mol. The van der Waals surface area contributed by atoms with Crippen molar-refractivity contribution in [3.8, 4) is 6.07 Å². The molecule has 10 heteroatoms. The van der Waals surface area contributed by atoms with E-state index in [2.05, 4.69) is 15.4 Å². The first-order chi connectivity index (χ1) is 13.0. The third-order valence-corrected chi connectivity index (χ3v) is 7.17. The van der Waals surface area contributed by atoms with E-state index in [0.717, 1.165) is 36.1 Å². The van der Waals surface area contributed by atoms with Crippen molar-refractivity contribution in [2.45, 2.75) is 32.7 Å². The molecule has 0 spiro atoms. The Labute approximate surface area is 164 Å². The van der Waals surface area contributed by atoms with Crippen LogP contribution in [0.4, 0.5) is 5.69 Å². The summed E-state index contributed by atoms with van der Waals surface area (Å²) in [5.41, 5.74) is 1.69. The van der Waals surface area contributed by atoms with Crippen molar-refractivity contribution < 1.29 is 4.21 Å². The molecule has 3 rings (SSSR count). The van der Waals surface area contributed by atoms with E-state index in [9.17, 15) is 4.21 Å². The zero-order valence-electron chi connectivity index (χ0n) is 15.3. The molecule has 0 radical (unpaired) electrons. The summed E-state index contributed by atoms with van der Waals surface area (Å²) < 4.78 is 23.9. The molecule has 146 valence electrons. The van der Waals surface area contributed by atoms with Gasteiger partial charge in [0.15, 0.2) is 10.8 Å². The molecule has 1 unspecified atom stereocenters. The van der Waals surface area contributed by atoms with E-state index in [1.54, 1.807) is 15.2 Å². The molecule has 1 fully saturated rings. The number of fused-ring (bicyclic) bond motifs is 1. The summed E-state index contributed by atoms with van der Waals surface area (Å²) in [5.74, 6) is 0.553. The van der Waals surface area contributed by atoms with Crippen molar-refractivity contribution in [3.63, 3.8) is 0 Å². The van der Waals surface area contributed by atoms with Crippen molar-refractivity contribution in [1.29, 1.82) is 10.0 Å². The molecule has 2 aromatic rings. The smallest absolute Gasteiger partial charge is 0.162 e. The molecular formula is C17H24ClN7OS. The van der Waals surface area contributed by atoms with Crippen LogP contribution in [0.1, 0.15) is 26.2 Å². The Hall–Kier alpha value is -1.89. The molecule has 1 saturated heterocycles. The highest BCUT2D eigenvalue weighted by atomic mass is 35.5. The number of anilines is 1. The van der Waals surface area contributed by atoms with Crippen molar-refractivity contribution in [3.05, 3.63) is 17.4 Å². The van der Waals surface area contributed by atoms with Gasteiger partial charge in [-0.25, -0.2) is 23.0 Å². The molecule has 3 heterocycles. The van der Waals surface area contributed by atoms with Crippen LogP contribution in [0, 0.1) is 22.0 Å². The second-order valence-corrected chi connectivity index (χ2v) is 9.23. The predicted octanol–water partition coefficient (Wildman–Crippen LogP) is 3.10. The molecule has 2 N–H and O–H groups in total. The molecule has 8 nitrogen and oxygen atoms in total. The fourth-order valence-electron chi connectivity index (χ4n) is 3.40. The minimum Gasteiger partial charge on any atom is -0.384 e. The van der Waals surface area contributed by atoms with Crippen LogP contribution in [0.2, 0.25) is 5.15 Å². The van der Waals surface area contributed by atoms with E-state index in [4.69, 9.17) is 21.6 Å². The van der Waals surface area contributed by atoms with Crippen molar-refractivity contribution in [2.24, 2.45) is 5.92 Å². The van der Waals surface area contributed by atoms with E-state index in [0.29, 0.717) is 30.7 Å². The highest BCUT2D eigenvalue weighted by Gasteiger charge is 2.25. The summed E-state index contributed by atoms with van der Waals surface area (Å²) in [5, 5.41) is 17.7. The van der Waals surface area contributed by atoms with Gasteiger partial charge in [0.25, 0.3) is 0 Å². The van der Waals surface area contributed by atoms with Crippen LogP contribution in [-0.2, 0) is 16.5 Å². The molecule has 0 saturated carbocycles. The minimum absolute atomic E-state index is 0.126. The van der Waals surface area contributed by atoms with Crippen LogP contribution < -0.4 is 5.32 Å². The number of nitrogens with zero attached hydrogens (tertiary/aromatic N) is 5. The average molecular weight is 410 g/mol. The largest absolute Gasteiger partial charge is 0.384 e. The maximum atomic E-state index is 12.4. The average Bonchev–Trinajstić information content (AvgIpc) is 3.01. The lowest BCUT2D eigenvalue weighted by Crippen LogP contribution is -2.40. The zero-order chi connectivity index (χ0) is 19.4. The lowest BCUT2D eigenvalue weighted by molar-refractivity contribution is 0.290. The number of rotatable bonds is 7. The minimum atomic E-state index is -2.82. The van der Waals surface area contributed by atoms with Crippen molar-refractivity contribution >= 4 is 38.2 Å². The van der Waals surface area contributed by atoms with Gasteiger partial charge in [-0.05, 0) is 31.7 Å². The van der Waals surface area contributed by atoms with Crippen LogP contribution in [-0.4, -0.2) is 48.7 Å². The Kier molecular flexibility index (Phi) is 6.19. The van der Waals surface area contributed by atoms with E-state index in [-0.39, 0.29) is 12.2 Å². The van der Waals surface area contributed by atoms with Gasteiger partial charge in [-0.3, -0.25) is 0 Å². The highest BCUT2D eigenvalue weighted by molar-refractivity contribution is 7.90. The van der Waals surface area contributed by atoms with Crippen LogP contribution in [0.15, 0.2) is 12.3 Å². The van der Waals surface area contributed by atoms with Gasteiger partial charge >= 0.3 is 0 Å². The second kappa shape index (κ2) is 8.42. The summed E-state index contributed by atoms with van der Waals surface area (Å²) in [6.07, 6.45) is 3.65. The molecule has 2 aromatic heterocycles. The Balaban J connectivity index is 1.61. The molecule has 1 atom stereocenters. The first kappa shape index (κ1) is 19.9. The highest BCUT2D eigenvalue weighted by Crippen LogP contribution is 2.29. The first-order valence-electron chi connectivity index (χ1n) is 9.09. The molecule has 27 heavy (non-hydrogen) atoms. The third-order valence-electron chi connectivity index (χ3n) is 4.95. The van der Waals surface area contributed by atoms with Gasteiger partial charge in [0.2, 0.25) is 0 Å². The number of nitrogens with one attached hydrogen (secondary N) is 2. The fraction of sp³-hybridized carbons (Fsp3) is 0.588. The Bertz CT molecular complexity index is 942. The number of hydrogen-bond acceptors (Lipinski definition) is 6. The van der Waals surface area contributed by atoms with E-state index < -0.39 is 9.92 Å². The summed E-state index contributed by atoms with van der Waals surface area (Å²) in [7, 11) is -2.82. The summed E-state index contributed by atoms with van der Waals surface area (Å²) >= 11 is 6.30. The summed E-state index contributed by atoms with van der Waals surface area (Å²) in [4.78, 5) is 4.38. The molecule has 0 amide bonds. The number of aryl methyl sites for hydroxylation is 1. The number of halogens is 1. The number of piperidine rings is 1. The van der Waals surface area contributed by atoms with Crippen molar-refractivity contribution in [1.82, 2.24) is 19.1 Å². The topological polar surface area (TPSA) is 111 Å². The predicted molar refractivity (Wildman–Crippen MR) is 107 cm³/mol. The van der Waals surface area contributed by atoms with Crippen LogP contribution >= 0.6 is 11.6 Å². The lowest BCUT2D eigenvalue weighted by atomic mass is 9.98. The summed E-state index contributed by atoms with van der Waals surface area (Å²) in [6, 6.07) is 3.88. The van der Waals surface area contributed by atoms with Gasteiger partial charge in [-0.15, -0.1) is 0 Å². The first-order valence-corrected chi connectivity index (χ1v) is 11.2. The second-order valence-electron chi connectivity index (χ2n) is 6.67. The fourth-order valence-corrected chi connectivity index (χ4v) is 5.10. The standard InChI is InChI=1S/C17H24ClN7OS/c1-2-25-17-15(16(18)23-25)14(4-8-21-17)22-12-13-5-9-24(10-6-13)27(20,26)11-3-7-19/h4,8,13,20H,2-3,5-6,9-12H2,1H3,(H,21,22). The maximum Gasteiger partial charge on any atom is 0.162 e. The quantitative estimate of drug-likeness (QED) is 0.729. The zero-order valence-corrected chi connectivity index (χ0v) is 16.9. The molecule has 0 aromatic carbocycles. The maximum absolute atomic E-state index is 12.4. The lowest BCUT2D eigenvalue weighted by Gasteiger charge is -2.32. The van der Waals surface area contributed by atoms with Crippen LogP contribution in [0.5, 0.6) is 0 Å². The number of aromatic nitrogens is 3. The van der Waals surface area contributed by atoms with E-state index in [1.807, 2.05) is 19.1 Å². The van der Waals surface area contributed by atoms with Crippen LogP contribution in [0.25, 0.3) is 11.0 Å². The van der Waals surface area contributed by atoms with Gasteiger partial charge < -0.3 is 5.32 Å². The number of nitriles is 1. The Morgan fingerprint density at radius 1 is 1.48 bits per heavy atom. The number of pyridine rings is 1. The number of hydrogen-bond donors (Lipinski definition) is 2. The molecule has 0 aliphatic carbocycles. The SMILES string of the molecule is CCn1nc(Cl)c2c(NCC3CCN(S(=N)(=O)CCC#N)CC3)ccnc21. The van der Waals surface area contributed by atoms with Crippen LogP contribution in [0.3, 0.4) is 0 Å². The van der Waals surface area contributed by atoms with Gasteiger partial charge in [-0.2, -0.15) is 10.4 Å². The van der Waals surface area contributed by atoms with Gasteiger partial charge in [0.05, 0.1) is 17.2 Å². The van der Waals surface area contributed by atoms with E-state index >= 15 is 0 Å². The third kappa shape index (κ3) is 4.34. The van der Waals surface area contributed by atoms with Gasteiger partial charge in [0, 0.05) is 44.5 Å². The Morgan fingerprint density at radius 2 is 2.22 bits per heavy atom. The molecule has 1 aliphatic heterocycles. The normalized spacial score (nSPS) is 18.3. The van der Waals surface area contributed by atoms with Crippen molar-refractivity contribution in [2.75, 3.05) is 30.7 Å². The Morgan fingerprint density at radius 3 is 2.89 bits per heavy atom. The van der Waals surface area contributed by atoms with E-state index in [1.165, 1.54) is 0 Å². The molecular weight excluding hydrogens is 386 g/mol.